The second-order valence-corrected chi connectivity index (χ2v) is 6.80. The summed E-state index contributed by atoms with van der Waals surface area (Å²) in [6.07, 6.45) is 0.813. The molecule has 2 aromatic carbocycles. The Hall–Kier alpha value is -1.63. The van der Waals surface area contributed by atoms with Gasteiger partial charge in [0.25, 0.3) is 0 Å². The lowest BCUT2D eigenvalue weighted by atomic mass is 10.1. The van der Waals surface area contributed by atoms with E-state index in [0.29, 0.717) is 22.6 Å². The summed E-state index contributed by atoms with van der Waals surface area (Å²) in [4.78, 5) is 0.297. The highest BCUT2D eigenvalue weighted by molar-refractivity contribution is 7.89. The lowest BCUT2D eigenvalue weighted by molar-refractivity contribution is 0.419. The highest BCUT2D eigenvalue weighted by Crippen LogP contribution is 2.30. The second-order valence-electron chi connectivity index (χ2n) is 5.12. The number of nitrogens with one attached hydrogen (secondary N) is 2. The van der Waals surface area contributed by atoms with E-state index in [1.807, 2.05) is 18.2 Å². The van der Waals surface area contributed by atoms with Crippen molar-refractivity contribution in [1.82, 2.24) is 10.0 Å². The first-order chi connectivity index (χ1) is 10.1. The molecular weight excluding hydrogens is 288 g/mol. The Balaban J connectivity index is 2.07. The van der Waals surface area contributed by atoms with Gasteiger partial charge in [0.15, 0.2) is 0 Å². The summed E-state index contributed by atoms with van der Waals surface area (Å²) in [5.41, 5.74) is 0. The molecule has 1 unspecified atom stereocenters. The van der Waals surface area contributed by atoms with Crippen LogP contribution in [0.1, 0.15) is 6.42 Å². The molecule has 0 spiro atoms. The van der Waals surface area contributed by atoms with Gasteiger partial charge in [-0.3, -0.25) is 0 Å². The molecule has 1 saturated heterocycles. The van der Waals surface area contributed by atoms with E-state index in [1.54, 1.807) is 25.3 Å². The van der Waals surface area contributed by atoms with Gasteiger partial charge in [-0.1, -0.05) is 24.3 Å². The van der Waals surface area contributed by atoms with Crippen molar-refractivity contribution >= 4 is 20.8 Å². The van der Waals surface area contributed by atoms with Crippen LogP contribution in [0.3, 0.4) is 0 Å². The molecule has 0 amide bonds. The smallest absolute Gasteiger partial charge is 0.241 e. The van der Waals surface area contributed by atoms with Crippen LogP contribution in [0, 0.1) is 0 Å². The summed E-state index contributed by atoms with van der Waals surface area (Å²) in [6, 6.07) is 10.6. The first-order valence-corrected chi connectivity index (χ1v) is 8.39. The standard InChI is InChI=1S/C15H18N2O3S/c1-20-14-6-7-15(13-5-3-2-4-12(13)14)21(18,19)17-11-8-9-16-10-11/h2-7,11,16-17H,8-10H2,1H3. The number of methoxy groups -OCH3 is 1. The van der Waals surface area contributed by atoms with Crippen LogP contribution in [0.25, 0.3) is 10.8 Å². The minimum absolute atomic E-state index is 0.0455. The molecule has 21 heavy (non-hydrogen) atoms. The largest absolute Gasteiger partial charge is 0.496 e. The van der Waals surface area contributed by atoms with Gasteiger partial charge in [0.05, 0.1) is 12.0 Å². The van der Waals surface area contributed by atoms with Gasteiger partial charge in [-0.05, 0) is 25.1 Å². The first kappa shape index (κ1) is 14.3. The van der Waals surface area contributed by atoms with Crippen molar-refractivity contribution in [3.8, 4) is 5.75 Å². The summed E-state index contributed by atoms with van der Waals surface area (Å²) in [5.74, 6) is 0.673. The van der Waals surface area contributed by atoms with Crippen LogP contribution in [0.4, 0.5) is 0 Å². The van der Waals surface area contributed by atoms with Crippen LogP contribution in [0.15, 0.2) is 41.3 Å². The maximum absolute atomic E-state index is 12.6. The fourth-order valence-electron chi connectivity index (χ4n) is 2.69. The molecule has 0 bridgehead atoms. The number of ether oxygens (including phenoxy) is 1. The highest BCUT2D eigenvalue weighted by Gasteiger charge is 2.24. The van der Waals surface area contributed by atoms with E-state index < -0.39 is 10.0 Å². The fraction of sp³-hybridized carbons (Fsp3) is 0.333. The van der Waals surface area contributed by atoms with E-state index in [9.17, 15) is 8.42 Å². The van der Waals surface area contributed by atoms with Gasteiger partial charge in [0.1, 0.15) is 5.75 Å². The van der Waals surface area contributed by atoms with Gasteiger partial charge in [-0.15, -0.1) is 0 Å². The van der Waals surface area contributed by atoms with E-state index in [4.69, 9.17) is 4.74 Å². The second kappa shape index (κ2) is 5.63. The predicted octanol–water partition coefficient (Wildman–Crippen LogP) is 1.49. The van der Waals surface area contributed by atoms with Gasteiger partial charge < -0.3 is 10.1 Å². The van der Waals surface area contributed by atoms with Gasteiger partial charge >= 0.3 is 0 Å². The minimum Gasteiger partial charge on any atom is -0.496 e. The van der Waals surface area contributed by atoms with Crippen molar-refractivity contribution < 1.29 is 13.2 Å². The van der Waals surface area contributed by atoms with Gasteiger partial charge in [0, 0.05) is 23.4 Å². The molecule has 6 heteroatoms. The molecule has 0 aromatic heterocycles. The average molecular weight is 306 g/mol. The summed E-state index contributed by atoms with van der Waals surface area (Å²) < 4.78 is 33.3. The highest BCUT2D eigenvalue weighted by atomic mass is 32.2. The number of hydrogen-bond donors (Lipinski definition) is 2. The molecule has 1 heterocycles. The molecule has 2 N–H and O–H groups in total. The van der Waals surface area contributed by atoms with Crippen LogP contribution in [-0.4, -0.2) is 34.7 Å². The van der Waals surface area contributed by atoms with Crippen molar-refractivity contribution in [2.24, 2.45) is 0 Å². The molecule has 0 saturated carbocycles. The normalized spacial score (nSPS) is 19.0. The maximum Gasteiger partial charge on any atom is 0.241 e. The van der Waals surface area contributed by atoms with Gasteiger partial charge in [0.2, 0.25) is 10.0 Å². The van der Waals surface area contributed by atoms with E-state index in [-0.39, 0.29) is 6.04 Å². The lowest BCUT2D eigenvalue weighted by Crippen LogP contribution is -2.36. The van der Waals surface area contributed by atoms with Crippen molar-refractivity contribution in [3.63, 3.8) is 0 Å². The Morgan fingerprint density at radius 2 is 1.95 bits per heavy atom. The van der Waals surface area contributed by atoms with E-state index in [0.717, 1.165) is 18.4 Å². The number of hydrogen-bond acceptors (Lipinski definition) is 4. The predicted molar refractivity (Wildman–Crippen MR) is 82.1 cm³/mol. The van der Waals surface area contributed by atoms with Crippen LogP contribution < -0.4 is 14.8 Å². The van der Waals surface area contributed by atoms with Crippen LogP contribution in [-0.2, 0) is 10.0 Å². The molecule has 0 radical (unpaired) electrons. The Morgan fingerprint density at radius 3 is 2.62 bits per heavy atom. The molecule has 1 aliphatic rings. The van der Waals surface area contributed by atoms with E-state index in [1.165, 1.54) is 0 Å². The van der Waals surface area contributed by atoms with Crippen molar-refractivity contribution in [2.45, 2.75) is 17.4 Å². The van der Waals surface area contributed by atoms with Crippen molar-refractivity contribution in [2.75, 3.05) is 20.2 Å². The third kappa shape index (κ3) is 2.74. The third-order valence-corrected chi connectivity index (χ3v) is 5.31. The summed E-state index contributed by atoms with van der Waals surface area (Å²) in [7, 11) is -1.96. The zero-order valence-electron chi connectivity index (χ0n) is 11.8. The van der Waals surface area contributed by atoms with Crippen molar-refractivity contribution in [1.29, 1.82) is 0 Å². The van der Waals surface area contributed by atoms with E-state index >= 15 is 0 Å². The summed E-state index contributed by atoms with van der Waals surface area (Å²) >= 11 is 0. The molecule has 1 fully saturated rings. The van der Waals surface area contributed by atoms with Gasteiger partial charge in [-0.2, -0.15) is 0 Å². The molecule has 1 atom stereocenters. The van der Waals surface area contributed by atoms with Crippen LogP contribution >= 0.6 is 0 Å². The third-order valence-electron chi connectivity index (χ3n) is 3.74. The Bertz CT molecular complexity index is 753. The molecule has 3 rings (SSSR count). The first-order valence-electron chi connectivity index (χ1n) is 6.90. The SMILES string of the molecule is COc1ccc(S(=O)(=O)NC2CCNC2)c2ccccc12. The molecule has 5 nitrogen and oxygen atoms in total. The number of benzene rings is 2. The Morgan fingerprint density at radius 1 is 1.19 bits per heavy atom. The lowest BCUT2D eigenvalue weighted by Gasteiger charge is -2.15. The van der Waals surface area contributed by atoms with Crippen LogP contribution in [0.2, 0.25) is 0 Å². The molecular formula is C15H18N2O3S. The number of fused-ring (bicyclic) bond motifs is 1. The topological polar surface area (TPSA) is 67.4 Å². The number of sulfonamides is 1. The minimum atomic E-state index is -3.54. The molecule has 0 aliphatic carbocycles. The van der Waals surface area contributed by atoms with Gasteiger partial charge in [-0.25, -0.2) is 13.1 Å². The summed E-state index contributed by atoms with van der Waals surface area (Å²) in [6.45, 7) is 1.52. The van der Waals surface area contributed by atoms with Crippen molar-refractivity contribution in [3.05, 3.63) is 36.4 Å². The molecule has 1 aliphatic heterocycles. The molecule has 2 aromatic rings. The fourth-order valence-corrected chi connectivity index (χ4v) is 4.18. The Labute approximate surface area is 124 Å². The average Bonchev–Trinajstić information content (AvgIpc) is 2.98. The van der Waals surface area contributed by atoms with E-state index in [2.05, 4.69) is 10.0 Å². The zero-order valence-corrected chi connectivity index (χ0v) is 12.6. The quantitative estimate of drug-likeness (QED) is 0.898. The van der Waals surface area contributed by atoms with Crippen LogP contribution in [0.5, 0.6) is 5.75 Å². The molecule has 112 valence electrons. The maximum atomic E-state index is 12.6. The summed E-state index contributed by atoms with van der Waals surface area (Å²) in [5, 5.41) is 4.63. The monoisotopic (exact) mass is 306 g/mol. The Kier molecular flexibility index (Phi) is 3.84. The zero-order chi connectivity index (χ0) is 14.9. The number of rotatable bonds is 4.